The minimum Gasteiger partial charge on any atom is -0.493 e. The lowest BCUT2D eigenvalue weighted by Crippen LogP contribution is -2.36. The molecule has 0 fully saturated rings. The van der Waals surface area contributed by atoms with Crippen LogP contribution < -0.4 is 10.1 Å². The number of pyridine rings is 1. The fourth-order valence-corrected chi connectivity index (χ4v) is 3.62. The summed E-state index contributed by atoms with van der Waals surface area (Å²) in [6, 6.07) is 7.60. The van der Waals surface area contributed by atoms with Gasteiger partial charge in [0.2, 0.25) is 5.91 Å². The van der Waals surface area contributed by atoms with Gasteiger partial charge in [0.15, 0.2) is 0 Å². The van der Waals surface area contributed by atoms with E-state index in [9.17, 15) is 9.59 Å². The maximum absolute atomic E-state index is 12.5. The third-order valence-electron chi connectivity index (χ3n) is 5.16. The Kier molecular flexibility index (Phi) is 4.79. The molecule has 4 rings (SSSR count). The molecule has 1 N–H and O–H groups in total. The number of aromatic nitrogens is 1. The highest BCUT2D eigenvalue weighted by Crippen LogP contribution is 2.26. The maximum Gasteiger partial charge on any atom is 0.251 e. The first-order valence-corrected chi connectivity index (χ1v) is 9.42. The summed E-state index contributed by atoms with van der Waals surface area (Å²) in [4.78, 5) is 30.8. The number of hydrogen-bond donors (Lipinski definition) is 1. The van der Waals surface area contributed by atoms with Gasteiger partial charge in [-0.25, -0.2) is 0 Å². The van der Waals surface area contributed by atoms with Crippen LogP contribution in [0.4, 0.5) is 0 Å². The summed E-state index contributed by atoms with van der Waals surface area (Å²) >= 11 is 0. The van der Waals surface area contributed by atoms with Gasteiger partial charge in [-0.2, -0.15) is 0 Å². The number of rotatable bonds is 4. The molecular formula is C21H23N3O3. The van der Waals surface area contributed by atoms with E-state index in [1.807, 2.05) is 36.2 Å². The first-order chi connectivity index (χ1) is 13.1. The first-order valence-electron chi connectivity index (χ1n) is 9.42. The van der Waals surface area contributed by atoms with Crippen LogP contribution in [-0.4, -0.2) is 34.8 Å². The largest absolute Gasteiger partial charge is 0.493 e. The number of ether oxygens (including phenoxy) is 1. The second-order valence-electron chi connectivity index (χ2n) is 6.97. The van der Waals surface area contributed by atoms with Crippen molar-refractivity contribution in [3.63, 3.8) is 0 Å². The normalized spacial score (nSPS) is 14.9. The molecule has 0 aliphatic carbocycles. The van der Waals surface area contributed by atoms with Crippen molar-refractivity contribution in [1.29, 1.82) is 0 Å². The van der Waals surface area contributed by atoms with Gasteiger partial charge in [0.05, 0.1) is 6.61 Å². The van der Waals surface area contributed by atoms with E-state index in [4.69, 9.17) is 4.74 Å². The Labute approximate surface area is 158 Å². The Morgan fingerprint density at radius 3 is 2.96 bits per heavy atom. The second-order valence-corrected chi connectivity index (χ2v) is 6.97. The van der Waals surface area contributed by atoms with Gasteiger partial charge in [0.25, 0.3) is 5.91 Å². The average Bonchev–Trinajstić information content (AvgIpc) is 3.18. The van der Waals surface area contributed by atoms with E-state index in [0.717, 1.165) is 47.5 Å². The van der Waals surface area contributed by atoms with Crippen molar-refractivity contribution >= 4 is 11.8 Å². The van der Waals surface area contributed by atoms with Crippen molar-refractivity contribution in [3.8, 4) is 5.75 Å². The molecule has 0 unspecified atom stereocenters. The summed E-state index contributed by atoms with van der Waals surface area (Å²) in [5.41, 5.74) is 4.79. The highest BCUT2D eigenvalue weighted by Gasteiger charge is 2.21. The minimum absolute atomic E-state index is 0.106. The van der Waals surface area contributed by atoms with E-state index in [-0.39, 0.29) is 11.8 Å². The van der Waals surface area contributed by atoms with E-state index in [2.05, 4.69) is 10.3 Å². The summed E-state index contributed by atoms with van der Waals surface area (Å²) in [5.74, 6) is 0.932. The standard InChI is InChI=1S/C21H23N3O3/c1-2-20(25)24-7-5-18-17(13-24)9-14(11-22-18)12-23-21(26)16-3-4-19-15(10-16)6-8-27-19/h3-4,9-11H,2,5-8,12-13H2,1H3,(H,23,26). The summed E-state index contributed by atoms with van der Waals surface area (Å²) < 4.78 is 5.48. The molecule has 1 aromatic carbocycles. The molecule has 6 nitrogen and oxygen atoms in total. The molecule has 0 spiro atoms. The van der Waals surface area contributed by atoms with Crippen molar-refractivity contribution in [3.05, 3.63) is 58.4 Å². The van der Waals surface area contributed by atoms with Crippen molar-refractivity contribution in [1.82, 2.24) is 15.2 Å². The van der Waals surface area contributed by atoms with Crippen LogP contribution in [0.2, 0.25) is 0 Å². The minimum atomic E-state index is -0.106. The summed E-state index contributed by atoms with van der Waals surface area (Å²) in [5, 5.41) is 2.96. The third-order valence-corrected chi connectivity index (χ3v) is 5.16. The molecule has 27 heavy (non-hydrogen) atoms. The molecule has 2 amide bonds. The summed E-state index contributed by atoms with van der Waals surface area (Å²) in [6.45, 7) is 4.30. The Hall–Kier alpha value is -2.89. The molecular weight excluding hydrogens is 342 g/mol. The van der Waals surface area contributed by atoms with Crippen molar-refractivity contribution in [2.75, 3.05) is 13.2 Å². The van der Waals surface area contributed by atoms with E-state index in [1.54, 1.807) is 6.07 Å². The SMILES string of the molecule is CCC(=O)N1CCc2ncc(CNC(=O)c3ccc4c(c3)CCO4)cc2C1. The van der Waals surface area contributed by atoms with Gasteiger partial charge < -0.3 is 15.0 Å². The van der Waals surface area contributed by atoms with Crippen LogP contribution in [-0.2, 0) is 30.7 Å². The van der Waals surface area contributed by atoms with E-state index < -0.39 is 0 Å². The van der Waals surface area contributed by atoms with Crippen LogP contribution >= 0.6 is 0 Å². The Bertz CT molecular complexity index is 894. The molecule has 0 saturated heterocycles. The Balaban J connectivity index is 1.41. The lowest BCUT2D eigenvalue weighted by atomic mass is 10.0. The number of hydrogen-bond acceptors (Lipinski definition) is 4. The molecule has 3 heterocycles. The highest BCUT2D eigenvalue weighted by atomic mass is 16.5. The monoisotopic (exact) mass is 365 g/mol. The number of carbonyl (C=O) groups is 2. The quantitative estimate of drug-likeness (QED) is 0.902. The molecule has 0 saturated carbocycles. The highest BCUT2D eigenvalue weighted by molar-refractivity contribution is 5.94. The Morgan fingerprint density at radius 2 is 2.11 bits per heavy atom. The molecule has 1 aromatic heterocycles. The molecule has 0 bridgehead atoms. The fourth-order valence-electron chi connectivity index (χ4n) is 3.62. The molecule has 2 aromatic rings. The fraction of sp³-hybridized carbons (Fsp3) is 0.381. The van der Waals surface area contributed by atoms with Crippen molar-refractivity contribution < 1.29 is 14.3 Å². The number of fused-ring (bicyclic) bond motifs is 2. The number of nitrogens with zero attached hydrogens (tertiary/aromatic N) is 2. The zero-order chi connectivity index (χ0) is 18.8. The van der Waals surface area contributed by atoms with Crippen molar-refractivity contribution in [2.24, 2.45) is 0 Å². The van der Waals surface area contributed by atoms with Gasteiger partial charge >= 0.3 is 0 Å². The second kappa shape index (κ2) is 7.39. The van der Waals surface area contributed by atoms with Gasteiger partial charge in [-0.05, 0) is 41.0 Å². The molecule has 0 atom stereocenters. The van der Waals surface area contributed by atoms with Gasteiger partial charge in [-0.3, -0.25) is 14.6 Å². The molecule has 0 radical (unpaired) electrons. The van der Waals surface area contributed by atoms with E-state index in [1.165, 1.54) is 0 Å². The zero-order valence-corrected chi connectivity index (χ0v) is 15.5. The molecule has 140 valence electrons. The van der Waals surface area contributed by atoms with Crippen molar-refractivity contribution in [2.45, 2.75) is 39.3 Å². The first kappa shape index (κ1) is 17.5. The number of carbonyl (C=O) groups excluding carboxylic acids is 2. The molecule has 2 aliphatic rings. The predicted molar refractivity (Wildman–Crippen MR) is 100 cm³/mol. The summed E-state index contributed by atoms with van der Waals surface area (Å²) in [7, 11) is 0. The van der Waals surface area contributed by atoms with Crippen LogP contribution in [0.25, 0.3) is 0 Å². The lowest BCUT2D eigenvalue weighted by molar-refractivity contribution is -0.131. The lowest BCUT2D eigenvalue weighted by Gasteiger charge is -2.28. The van der Waals surface area contributed by atoms with Crippen LogP contribution in [0.5, 0.6) is 5.75 Å². The number of benzene rings is 1. The van der Waals surface area contributed by atoms with Crippen LogP contribution in [0.15, 0.2) is 30.5 Å². The smallest absolute Gasteiger partial charge is 0.251 e. The van der Waals surface area contributed by atoms with Crippen LogP contribution in [0.3, 0.4) is 0 Å². The number of amides is 2. The topological polar surface area (TPSA) is 71.5 Å². The van der Waals surface area contributed by atoms with Gasteiger partial charge in [0, 0.05) is 56.4 Å². The van der Waals surface area contributed by atoms with Crippen LogP contribution in [0.1, 0.15) is 46.1 Å². The van der Waals surface area contributed by atoms with Crippen LogP contribution in [0, 0.1) is 0 Å². The van der Waals surface area contributed by atoms with Gasteiger partial charge in [-0.1, -0.05) is 6.92 Å². The zero-order valence-electron chi connectivity index (χ0n) is 15.5. The maximum atomic E-state index is 12.5. The van der Waals surface area contributed by atoms with Gasteiger partial charge in [0.1, 0.15) is 5.75 Å². The molecule has 2 aliphatic heterocycles. The molecule has 6 heteroatoms. The van der Waals surface area contributed by atoms with Gasteiger partial charge in [-0.15, -0.1) is 0 Å². The number of nitrogens with one attached hydrogen (secondary N) is 1. The summed E-state index contributed by atoms with van der Waals surface area (Å²) in [6.07, 6.45) is 3.96. The van der Waals surface area contributed by atoms with E-state index in [0.29, 0.717) is 31.7 Å². The third kappa shape index (κ3) is 3.65. The average molecular weight is 365 g/mol. The van der Waals surface area contributed by atoms with E-state index >= 15 is 0 Å². The predicted octanol–water partition coefficient (Wildman–Crippen LogP) is 2.24. The Morgan fingerprint density at radius 1 is 1.22 bits per heavy atom.